The molecule has 0 atom stereocenters. The Morgan fingerprint density at radius 2 is 1.57 bits per heavy atom. The Balaban J connectivity index is 0.00000256. The fourth-order valence-electron chi connectivity index (χ4n) is 3.29. The van der Waals surface area contributed by atoms with Crippen molar-refractivity contribution in [1.82, 2.24) is 9.13 Å². The fourth-order valence-corrected chi connectivity index (χ4v) is 3.29. The predicted octanol–water partition coefficient (Wildman–Crippen LogP) is 4.26. The number of carbonyl (C=O) groups excluding carboxylic acids is 2. The molecule has 0 spiro atoms. The summed E-state index contributed by atoms with van der Waals surface area (Å²) in [4.78, 5) is 24.2. The highest BCUT2D eigenvalue weighted by atomic mass is 35.5. The van der Waals surface area contributed by atoms with Crippen molar-refractivity contribution in [3.05, 3.63) is 96.6 Å². The molecule has 0 fully saturated rings. The molecule has 4 rings (SSSR count). The molecule has 7 heteroatoms. The van der Waals surface area contributed by atoms with Crippen LogP contribution < -0.4 is 11.1 Å². The number of hydrogen-bond donors (Lipinski definition) is 2. The number of nitrogens with one attached hydrogen (secondary N) is 1. The number of nitrogens with two attached hydrogens (primary N) is 1. The van der Waals surface area contributed by atoms with E-state index in [4.69, 9.17) is 5.73 Å². The summed E-state index contributed by atoms with van der Waals surface area (Å²) in [5.41, 5.74) is 9.90. The standard InChI is InChI=1S/C23H20N4O2.ClH/c1-26-15-17(14-21(26)23(29)25-18-6-3-2-4-7-18)16-9-11-19(12-10-16)27-13-5-8-20(27)22(24)28;/h2-15H,1H3,(H2,24,28)(H,25,29);1H. The van der Waals surface area contributed by atoms with E-state index in [0.717, 1.165) is 22.5 Å². The summed E-state index contributed by atoms with van der Waals surface area (Å²) in [5, 5.41) is 2.90. The number of aryl methyl sites for hydroxylation is 1. The molecule has 2 amide bonds. The predicted molar refractivity (Wildman–Crippen MR) is 120 cm³/mol. The number of rotatable bonds is 5. The Labute approximate surface area is 180 Å². The highest BCUT2D eigenvalue weighted by molar-refractivity contribution is 6.04. The molecule has 30 heavy (non-hydrogen) atoms. The Bertz CT molecular complexity index is 1180. The third kappa shape index (κ3) is 4.14. The highest BCUT2D eigenvalue weighted by Crippen LogP contribution is 2.24. The van der Waals surface area contributed by atoms with Crippen LogP contribution >= 0.6 is 12.4 Å². The monoisotopic (exact) mass is 420 g/mol. The Kier molecular flexibility index (Phi) is 6.09. The van der Waals surface area contributed by atoms with Crippen molar-refractivity contribution in [2.24, 2.45) is 12.8 Å². The van der Waals surface area contributed by atoms with Gasteiger partial charge >= 0.3 is 0 Å². The summed E-state index contributed by atoms with van der Waals surface area (Å²) in [6.07, 6.45) is 3.71. The minimum absolute atomic E-state index is 0. The molecule has 0 unspecified atom stereocenters. The lowest BCUT2D eigenvalue weighted by atomic mass is 10.1. The molecule has 0 aliphatic heterocycles. The van der Waals surface area contributed by atoms with Crippen LogP contribution in [0.25, 0.3) is 16.8 Å². The molecular weight excluding hydrogens is 400 g/mol. The molecule has 0 radical (unpaired) electrons. The molecule has 0 saturated carbocycles. The zero-order valence-electron chi connectivity index (χ0n) is 16.3. The van der Waals surface area contributed by atoms with Crippen molar-refractivity contribution in [1.29, 1.82) is 0 Å². The summed E-state index contributed by atoms with van der Waals surface area (Å²) < 4.78 is 3.55. The number of primary amides is 1. The maximum Gasteiger partial charge on any atom is 0.272 e. The SMILES string of the molecule is Cl.Cn1cc(-c2ccc(-n3cccc3C(N)=O)cc2)cc1C(=O)Nc1ccccc1. The van der Waals surface area contributed by atoms with Crippen LogP contribution in [0, 0.1) is 0 Å². The van der Waals surface area contributed by atoms with Crippen LogP contribution in [0.3, 0.4) is 0 Å². The third-order valence-corrected chi connectivity index (χ3v) is 4.75. The largest absolute Gasteiger partial charge is 0.364 e. The van der Waals surface area contributed by atoms with Crippen molar-refractivity contribution >= 4 is 29.9 Å². The number of carbonyl (C=O) groups is 2. The normalized spacial score (nSPS) is 10.3. The Hall–Kier alpha value is -3.77. The molecule has 6 nitrogen and oxygen atoms in total. The molecule has 152 valence electrons. The topological polar surface area (TPSA) is 82.0 Å². The van der Waals surface area contributed by atoms with Crippen LogP contribution in [0.15, 0.2) is 85.2 Å². The number of aromatic nitrogens is 2. The zero-order chi connectivity index (χ0) is 20.4. The van der Waals surface area contributed by atoms with Gasteiger partial charge in [-0.05, 0) is 48.0 Å². The Morgan fingerprint density at radius 3 is 2.23 bits per heavy atom. The minimum atomic E-state index is -0.476. The molecule has 2 aromatic heterocycles. The lowest BCUT2D eigenvalue weighted by Crippen LogP contribution is -2.15. The first-order chi connectivity index (χ1) is 14.0. The first kappa shape index (κ1) is 21.0. The van der Waals surface area contributed by atoms with Gasteiger partial charge in [0.2, 0.25) is 0 Å². The first-order valence-electron chi connectivity index (χ1n) is 9.13. The second-order valence-corrected chi connectivity index (χ2v) is 6.72. The van der Waals surface area contributed by atoms with Gasteiger partial charge in [-0.3, -0.25) is 9.59 Å². The average Bonchev–Trinajstić information content (AvgIpc) is 3.36. The van der Waals surface area contributed by atoms with Crippen molar-refractivity contribution in [2.75, 3.05) is 5.32 Å². The number of amides is 2. The van der Waals surface area contributed by atoms with Crippen molar-refractivity contribution in [3.8, 4) is 16.8 Å². The van der Waals surface area contributed by atoms with Gasteiger partial charge in [0.05, 0.1) is 0 Å². The van der Waals surface area contributed by atoms with Gasteiger partial charge < -0.3 is 20.2 Å². The summed E-state index contributed by atoms with van der Waals surface area (Å²) in [6, 6.07) is 22.4. The van der Waals surface area contributed by atoms with E-state index in [-0.39, 0.29) is 18.3 Å². The first-order valence-corrected chi connectivity index (χ1v) is 9.13. The summed E-state index contributed by atoms with van der Waals surface area (Å²) >= 11 is 0. The molecular formula is C23H21ClN4O2. The number of para-hydroxylation sites is 1. The van der Waals surface area contributed by atoms with E-state index in [0.29, 0.717) is 11.4 Å². The lowest BCUT2D eigenvalue weighted by Gasteiger charge is -2.07. The van der Waals surface area contributed by atoms with Crippen LogP contribution in [-0.4, -0.2) is 20.9 Å². The molecule has 0 aliphatic rings. The van der Waals surface area contributed by atoms with E-state index in [1.54, 1.807) is 27.5 Å². The second kappa shape index (κ2) is 8.71. The van der Waals surface area contributed by atoms with E-state index in [2.05, 4.69) is 5.32 Å². The smallest absolute Gasteiger partial charge is 0.272 e. The Morgan fingerprint density at radius 1 is 0.867 bits per heavy atom. The van der Waals surface area contributed by atoms with E-state index in [9.17, 15) is 9.59 Å². The van der Waals surface area contributed by atoms with Crippen LogP contribution in [0.2, 0.25) is 0 Å². The van der Waals surface area contributed by atoms with Gasteiger partial charge in [-0.2, -0.15) is 0 Å². The maximum atomic E-state index is 12.6. The number of benzene rings is 2. The van der Waals surface area contributed by atoms with Crippen molar-refractivity contribution in [3.63, 3.8) is 0 Å². The third-order valence-electron chi connectivity index (χ3n) is 4.75. The summed E-state index contributed by atoms with van der Waals surface area (Å²) in [7, 11) is 1.84. The van der Waals surface area contributed by atoms with Gasteiger partial charge in [-0.15, -0.1) is 12.4 Å². The molecule has 2 aromatic carbocycles. The van der Waals surface area contributed by atoms with Gasteiger partial charge in [-0.25, -0.2) is 0 Å². The zero-order valence-corrected chi connectivity index (χ0v) is 17.1. The number of anilines is 1. The highest BCUT2D eigenvalue weighted by Gasteiger charge is 2.14. The van der Waals surface area contributed by atoms with Gasteiger partial charge in [-0.1, -0.05) is 30.3 Å². The molecule has 0 aliphatic carbocycles. The molecule has 0 bridgehead atoms. The van der Waals surface area contributed by atoms with Gasteiger partial charge in [0, 0.05) is 36.4 Å². The van der Waals surface area contributed by atoms with Gasteiger partial charge in [0.15, 0.2) is 0 Å². The number of halogens is 1. The van der Waals surface area contributed by atoms with Crippen molar-refractivity contribution in [2.45, 2.75) is 0 Å². The van der Waals surface area contributed by atoms with E-state index in [1.807, 2.05) is 73.9 Å². The van der Waals surface area contributed by atoms with Crippen LogP contribution in [0.4, 0.5) is 5.69 Å². The lowest BCUT2D eigenvalue weighted by molar-refractivity contribution is 0.0991. The average molecular weight is 421 g/mol. The van der Waals surface area contributed by atoms with Gasteiger partial charge in [0.1, 0.15) is 11.4 Å². The van der Waals surface area contributed by atoms with Crippen LogP contribution in [0.5, 0.6) is 0 Å². The minimum Gasteiger partial charge on any atom is -0.364 e. The van der Waals surface area contributed by atoms with E-state index in [1.165, 1.54) is 0 Å². The van der Waals surface area contributed by atoms with Crippen LogP contribution in [0.1, 0.15) is 21.0 Å². The maximum absolute atomic E-state index is 12.6. The molecule has 0 saturated heterocycles. The van der Waals surface area contributed by atoms with Gasteiger partial charge in [0.25, 0.3) is 11.8 Å². The molecule has 2 heterocycles. The van der Waals surface area contributed by atoms with E-state index < -0.39 is 5.91 Å². The number of hydrogen-bond acceptors (Lipinski definition) is 2. The molecule has 3 N–H and O–H groups in total. The van der Waals surface area contributed by atoms with Crippen molar-refractivity contribution < 1.29 is 9.59 Å². The second-order valence-electron chi connectivity index (χ2n) is 6.72. The summed E-state index contributed by atoms with van der Waals surface area (Å²) in [6.45, 7) is 0. The molecule has 4 aromatic rings. The fraction of sp³-hybridized carbons (Fsp3) is 0.0435. The summed E-state index contributed by atoms with van der Waals surface area (Å²) in [5.74, 6) is -0.642. The number of nitrogens with zero attached hydrogens (tertiary/aromatic N) is 2. The quantitative estimate of drug-likeness (QED) is 0.505. The van der Waals surface area contributed by atoms with Crippen LogP contribution in [-0.2, 0) is 7.05 Å². The van der Waals surface area contributed by atoms with E-state index >= 15 is 0 Å².